The van der Waals surface area contributed by atoms with Gasteiger partial charge in [-0.2, -0.15) is 10.4 Å². The number of nitro groups is 1. The van der Waals surface area contributed by atoms with E-state index in [-0.39, 0.29) is 22.9 Å². The SMILES string of the molecule is N#Cc1cc([N+](=O)[O-])ccc1Oc1ccc(C=NNC(=O)c2ccccc2)cc1. The van der Waals surface area contributed by atoms with Crippen LogP contribution in [0.15, 0.2) is 77.9 Å². The molecule has 0 fully saturated rings. The predicted molar refractivity (Wildman–Crippen MR) is 106 cm³/mol. The molecular formula is C21H14N4O4. The van der Waals surface area contributed by atoms with Gasteiger partial charge >= 0.3 is 0 Å². The second-order valence-electron chi connectivity index (χ2n) is 5.79. The van der Waals surface area contributed by atoms with E-state index in [1.807, 2.05) is 12.1 Å². The van der Waals surface area contributed by atoms with Gasteiger partial charge in [-0.3, -0.25) is 14.9 Å². The molecule has 0 aromatic heterocycles. The Morgan fingerprint density at radius 3 is 2.48 bits per heavy atom. The minimum Gasteiger partial charge on any atom is -0.456 e. The fourth-order valence-corrected chi connectivity index (χ4v) is 2.38. The fraction of sp³-hybridized carbons (Fsp3) is 0. The molecular weight excluding hydrogens is 372 g/mol. The van der Waals surface area contributed by atoms with E-state index in [0.717, 1.165) is 11.6 Å². The first kappa shape index (κ1) is 19.3. The molecule has 0 saturated carbocycles. The highest BCUT2D eigenvalue weighted by molar-refractivity contribution is 5.94. The maximum absolute atomic E-state index is 11.9. The standard InChI is InChI=1S/C21H14N4O4/c22-13-17-12-18(25(27)28)8-11-20(17)29-19-9-6-15(7-10-19)14-23-24-21(26)16-4-2-1-3-5-16/h1-12,14H,(H,24,26). The Labute approximate surface area is 165 Å². The van der Waals surface area contributed by atoms with Crippen LogP contribution < -0.4 is 10.2 Å². The van der Waals surface area contributed by atoms with Crippen molar-refractivity contribution in [2.75, 3.05) is 0 Å². The highest BCUT2D eigenvalue weighted by Crippen LogP contribution is 2.28. The van der Waals surface area contributed by atoms with Crippen LogP contribution in [0.2, 0.25) is 0 Å². The van der Waals surface area contributed by atoms with Gasteiger partial charge in [0.15, 0.2) is 0 Å². The lowest BCUT2D eigenvalue weighted by atomic mass is 10.2. The highest BCUT2D eigenvalue weighted by atomic mass is 16.6. The summed E-state index contributed by atoms with van der Waals surface area (Å²) in [6.45, 7) is 0. The van der Waals surface area contributed by atoms with Crippen molar-refractivity contribution < 1.29 is 14.5 Å². The number of nitrogens with one attached hydrogen (secondary N) is 1. The number of nitro benzene ring substituents is 1. The molecule has 0 atom stereocenters. The number of nitrogens with zero attached hydrogens (tertiary/aromatic N) is 3. The van der Waals surface area contributed by atoms with Crippen molar-refractivity contribution in [3.8, 4) is 17.6 Å². The number of amides is 1. The first-order chi connectivity index (χ1) is 14.1. The van der Waals surface area contributed by atoms with Crippen LogP contribution in [0.4, 0.5) is 5.69 Å². The molecule has 0 unspecified atom stereocenters. The fourth-order valence-electron chi connectivity index (χ4n) is 2.38. The summed E-state index contributed by atoms with van der Waals surface area (Å²) in [4.78, 5) is 22.1. The second-order valence-corrected chi connectivity index (χ2v) is 5.79. The first-order valence-electron chi connectivity index (χ1n) is 8.42. The summed E-state index contributed by atoms with van der Waals surface area (Å²) in [7, 11) is 0. The zero-order chi connectivity index (χ0) is 20.6. The van der Waals surface area contributed by atoms with E-state index in [1.165, 1.54) is 18.3 Å². The molecule has 8 nitrogen and oxygen atoms in total. The Bertz CT molecular complexity index is 1100. The number of hydrogen-bond acceptors (Lipinski definition) is 6. The number of benzene rings is 3. The third kappa shape index (κ3) is 5.02. The number of rotatable bonds is 6. The van der Waals surface area contributed by atoms with E-state index >= 15 is 0 Å². The van der Waals surface area contributed by atoms with Crippen LogP contribution in [-0.4, -0.2) is 17.0 Å². The lowest BCUT2D eigenvalue weighted by molar-refractivity contribution is -0.384. The summed E-state index contributed by atoms with van der Waals surface area (Å²) in [6.07, 6.45) is 1.48. The Morgan fingerprint density at radius 1 is 1.10 bits per heavy atom. The van der Waals surface area contributed by atoms with Crippen LogP contribution in [0.1, 0.15) is 21.5 Å². The van der Waals surface area contributed by atoms with Crippen molar-refractivity contribution in [1.82, 2.24) is 5.43 Å². The number of hydrazone groups is 1. The van der Waals surface area contributed by atoms with Gasteiger partial charge < -0.3 is 4.74 Å². The molecule has 142 valence electrons. The minimum atomic E-state index is -0.574. The van der Waals surface area contributed by atoms with Crippen LogP contribution in [-0.2, 0) is 0 Å². The largest absolute Gasteiger partial charge is 0.456 e. The molecule has 3 rings (SSSR count). The Balaban J connectivity index is 1.64. The zero-order valence-corrected chi connectivity index (χ0v) is 15.0. The lowest BCUT2D eigenvalue weighted by Crippen LogP contribution is -2.17. The Morgan fingerprint density at radius 2 is 1.83 bits per heavy atom. The lowest BCUT2D eigenvalue weighted by Gasteiger charge is -2.07. The van der Waals surface area contributed by atoms with Gasteiger partial charge in [-0.15, -0.1) is 0 Å². The molecule has 1 amide bonds. The molecule has 0 aliphatic carbocycles. The number of ether oxygens (including phenoxy) is 1. The highest BCUT2D eigenvalue weighted by Gasteiger charge is 2.12. The van der Waals surface area contributed by atoms with E-state index in [2.05, 4.69) is 10.5 Å². The van der Waals surface area contributed by atoms with Crippen molar-refractivity contribution >= 4 is 17.8 Å². The number of carbonyl (C=O) groups excluding carboxylic acids is 1. The number of carbonyl (C=O) groups is 1. The maximum atomic E-state index is 11.9. The van der Waals surface area contributed by atoms with Gasteiger partial charge in [0.25, 0.3) is 11.6 Å². The normalized spacial score (nSPS) is 10.3. The first-order valence-corrected chi connectivity index (χ1v) is 8.42. The Kier molecular flexibility index (Phi) is 5.93. The van der Waals surface area contributed by atoms with Gasteiger partial charge in [0.1, 0.15) is 23.1 Å². The zero-order valence-electron chi connectivity index (χ0n) is 15.0. The molecule has 3 aromatic carbocycles. The maximum Gasteiger partial charge on any atom is 0.271 e. The molecule has 0 saturated heterocycles. The summed E-state index contributed by atoms with van der Waals surface area (Å²) in [5.41, 5.74) is 3.54. The minimum absolute atomic E-state index is 0.0634. The summed E-state index contributed by atoms with van der Waals surface area (Å²) < 4.78 is 5.63. The average molecular weight is 386 g/mol. The smallest absolute Gasteiger partial charge is 0.271 e. The van der Waals surface area contributed by atoms with Crippen LogP contribution in [0.25, 0.3) is 0 Å². The molecule has 0 heterocycles. The average Bonchev–Trinajstić information content (AvgIpc) is 2.75. The Hall–Kier alpha value is -4.51. The molecule has 29 heavy (non-hydrogen) atoms. The van der Waals surface area contributed by atoms with E-state index in [9.17, 15) is 14.9 Å². The van der Waals surface area contributed by atoms with Gasteiger partial charge in [-0.25, -0.2) is 5.43 Å². The molecule has 0 radical (unpaired) electrons. The van der Waals surface area contributed by atoms with Crippen LogP contribution >= 0.6 is 0 Å². The summed E-state index contributed by atoms with van der Waals surface area (Å²) in [5.74, 6) is 0.347. The van der Waals surface area contributed by atoms with Crippen molar-refractivity contribution in [1.29, 1.82) is 5.26 Å². The van der Waals surface area contributed by atoms with E-state index in [4.69, 9.17) is 10.00 Å². The van der Waals surface area contributed by atoms with Gasteiger partial charge in [0, 0.05) is 17.7 Å². The van der Waals surface area contributed by atoms with Crippen LogP contribution in [0, 0.1) is 21.4 Å². The van der Waals surface area contributed by atoms with E-state index in [1.54, 1.807) is 48.5 Å². The third-order valence-corrected chi connectivity index (χ3v) is 3.82. The van der Waals surface area contributed by atoms with Gasteiger partial charge in [0.2, 0.25) is 0 Å². The van der Waals surface area contributed by atoms with Crippen LogP contribution in [0.3, 0.4) is 0 Å². The molecule has 0 aliphatic heterocycles. The molecule has 0 aliphatic rings. The number of non-ortho nitro benzene ring substituents is 1. The molecule has 3 aromatic rings. The van der Waals surface area contributed by atoms with Crippen molar-refractivity contribution in [3.63, 3.8) is 0 Å². The molecule has 0 spiro atoms. The molecule has 8 heteroatoms. The second kappa shape index (κ2) is 8.92. The summed E-state index contributed by atoms with van der Waals surface area (Å²) >= 11 is 0. The van der Waals surface area contributed by atoms with E-state index < -0.39 is 4.92 Å². The van der Waals surface area contributed by atoms with Gasteiger partial charge in [-0.1, -0.05) is 18.2 Å². The summed E-state index contributed by atoms with van der Waals surface area (Å²) in [5, 5.41) is 23.9. The number of nitriles is 1. The summed E-state index contributed by atoms with van der Waals surface area (Å²) in [6, 6.07) is 21.1. The monoisotopic (exact) mass is 386 g/mol. The van der Waals surface area contributed by atoms with Crippen molar-refractivity contribution in [2.45, 2.75) is 0 Å². The van der Waals surface area contributed by atoms with Crippen molar-refractivity contribution in [2.24, 2.45) is 5.10 Å². The third-order valence-electron chi connectivity index (χ3n) is 3.82. The molecule has 1 N–H and O–H groups in total. The van der Waals surface area contributed by atoms with Crippen LogP contribution in [0.5, 0.6) is 11.5 Å². The van der Waals surface area contributed by atoms with Crippen molar-refractivity contribution in [3.05, 3.63) is 99.6 Å². The predicted octanol–water partition coefficient (Wildman–Crippen LogP) is 4.02. The van der Waals surface area contributed by atoms with Gasteiger partial charge in [-0.05, 0) is 48.0 Å². The molecule has 0 bridgehead atoms. The van der Waals surface area contributed by atoms with E-state index in [0.29, 0.717) is 11.3 Å². The topological polar surface area (TPSA) is 118 Å². The number of hydrogen-bond donors (Lipinski definition) is 1. The quantitative estimate of drug-likeness (QED) is 0.390. The van der Waals surface area contributed by atoms with Gasteiger partial charge in [0.05, 0.1) is 11.1 Å².